The standard InChI is InChI=1S/C9H11N3/c1-12-6-5-11-9(12)8-3-2-4-10-7-8/h2-4,7H,5-6H2,1H3. The summed E-state index contributed by atoms with van der Waals surface area (Å²) < 4.78 is 0. The Bertz CT molecular complexity index is 292. The van der Waals surface area contributed by atoms with E-state index >= 15 is 0 Å². The largest absolute Gasteiger partial charge is 0.358 e. The molecule has 0 aromatic carbocycles. The average molecular weight is 161 g/mol. The molecular weight excluding hydrogens is 150 g/mol. The summed E-state index contributed by atoms with van der Waals surface area (Å²) in [6.07, 6.45) is 3.62. The van der Waals surface area contributed by atoms with Crippen LogP contribution in [-0.4, -0.2) is 35.9 Å². The number of amidine groups is 1. The van der Waals surface area contributed by atoms with E-state index in [4.69, 9.17) is 0 Å². The highest BCUT2D eigenvalue weighted by atomic mass is 15.2. The molecule has 0 saturated carbocycles. The minimum atomic E-state index is 0.903. The molecule has 0 bridgehead atoms. The molecule has 12 heavy (non-hydrogen) atoms. The molecule has 1 aliphatic heterocycles. The summed E-state index contributed by atoms with van der Waals surface area (Å²) in [5.74, 6) is 1.06. The van der Waals surface area contributed by atoms with Gasteiger partial charge in [-0.15, -0.1) is 0 Å². The lowest BCUT2D eigenvalue weighted by molar-refractivity contribution is 0.556. The van der Waals surface area contributed by atoms with Crippen LogP contribution in [0, 0.1) is 0 Å². The smallest absolute Gasteiger partial charge is 0.132 e. The van der Waals surface area contributed by atoms with Crippen molar-refractivity contribution in [3.05, 3.63) is 30.1 Å². The van der Waals surface area contributed by atoms with E-state index in [1.165, 1.54) is 0 Å². The van der Waals surface area contributed by atoms with E-state index in [-0.39, 0.29) is 0 Å². The second-order valence-corrected chi connectivity index (χ2v) is 2.87. The summed E-state index contributed by atoms with van der Waals surface area (Å²) in [6, 6.07) is 3.97. The van der Waals surface area contributed by atoms with Crippen molar-refractivity contribution in [3.63, 3.8) is 0 Å². The third-order valence-corrected chi connectivity index (χ3v) is 1.98. The van der Waals surface area contributed by atoms with E-state index in [2.05, 4.69) is 21.9 Å². The number of likely N-dealkylation sites (N-methyl/N-ethyl adjacent to an activating group) is 1. The molecular formula is C9H11N3. The molecule has 0 radical (unpaired) electrons. The molecule has 2 heterocycles. The highest BCUT2D eigenvalue weighted by molar-refractivity contribution is 5.99. The topological polar surface area (TPSA) is 28.5 Å². The lowest BCUT2D eigenvalue weighted by atomic mass is 10.2. The number of pyridine rings is 1. The molecule has 1 aromatic heterocycles. The van der Waals surface area contributed by atoms with Crippen LogP contribution in [0.25, 0.3) is 0 Å². The van der Waals surface area contributed by atoms with E-state index in [9.17, 15) is 0 Å². The molecule has 0 amide bonds. The average Bonchev–Trinajstić information content (AvgIpc) is 2.53. The Balaban J connectivity index is 2.31. The van der Waals surface area contributed by atoms with E-state index in [1.54, 1.807) is 6.20 Å². The maximum Gasteiger partial charge on any atom is 0.132 e. The van der Waals surface area contributed by atoms with Crippen molar-refractivity contribution in [2.24, 2.45) is 4.99 Å². The molecule has 0 spiro atoms. The molecule has 0 fully saturated rings. The van der Waals surface area contributed by atoms with E-state index in [0.29, 0.717) is 0 Å². The Morgan fingerprint density at radius 3 is 3.00 bits per heavy atom. The van der Waals surface area contributed by atoms with Gasteiger partial charge >= 0.3 is 0 Å². The second kappa shape index (κ2) is 2.93. The maximum atomic E-state index is 4.39. The van der Waals surface area contributed by atoms with Gasteiger partial charge in [-0.2, -0.15) is 0 Å². The van der Waals surface area contributed by atoms with Crippen LogP contribution in [0.2, 0.25) is 0 Å². The van der Waals surface area contributed by atoms with E-state index in [1.807, 2.05) is 18.3 Å². The summed E-state index contributed by atoms with van der Waals surface area (Å²) in [5.41, 5.74) is 1.11. The Morgan fingerprint density at radius 2 is 2.42 bits per heavy atom. The summed E-state index contributed by atoms with van der Waals surface area (Å²) in [7, 11) is 2.05. The molecule has 62 valence electrons. The highest BCUT2D eigenvalue weighted by Crippen LogP contribution is 2.07. The lowest BCUT2D eigenvalue weighted by Crippen LogP contribution is -2.23. The minimum Gasteiger partial charge on any atom is -0.358 e. The predicted molar refractivity (Wildman–Crippen MR) is 48.3 cm³/mol. The van der Waals surface area contributed by atoms with Gasteiger partial charge in [0.25, 0.3) is 0 Å². The number of nitrogens with zero attached hydrogens (tertiary/aromatic N) is 3. The Labute approximate surface area is 71.8 Å². The summed E-state index contributed by atoms with van der Waals surface area (Å²) in [6.45, 7) is 1.92. The fourth-order valence-electron chi connectivity index (χ4n) is 1.34. The third-order valence-electron chi connectivity index (χ3n) is 1.98. The van der Waals surface area contributed by atoms with Gasteiger partial charge in [0.15, 0.2) is 0 Å². The first-order valence-corrected chi connectivity index (χ1v) is 4.04. The molecule has 1 aromatic rings. The van der Waals surface area contributed by atoms with Gasteiger partial charge in [0.05, 0.1) is 6.54 Å². The van der Waals surface area contributed by atoms with Gasteiger partial charge in [-0.1, -0.05) is 0 Å². The van der Waals surface area contributed by atoms with Crippen LogP contribution in [-0.2, 0) is 0 Å². The molecule has 1 aliphatic rings. The third kappa shape index (κ3) is 1.18. The zero-order valence-electron chi connectivity index (χ0n) is 7.07. The zero-order chi connectivity index (χ0) is 8.39. The van der Waals surface area contributed by atoms with Crippen LogP contribution in [0.5, 0.6) is 0 Å². The SMILES string of the molecule is CN1CCN=C1c1cccnc1. The first-order chi connectivity index (χ1) is 5.88. The summed E-state index contributed by atoms with van der Waals surface area (Å²) in [4.78, 5) is 10.6. The fourth-order valence-corrected chi connectivity index (χ4v) is 1.34. The predicted octanol–water partition coefficient (Wildman–Crippen LogP) is 0.774. The van der Waals surface area contributed by atoms with Gasteiger partial charge in [0, 0.05) is 31.5 Å². The van der Waals surface area contributed by atoms with Crippen molar-refractivity contribution in [1.82, 2.24) is 9.88 Å². The Kier molecular flexibility index (Phi) is 1.78. The molecule has 0 aliphatic carbocycles. The number of hydrogen-bond donors (Lipinski definition) is 0. The fraction of sp³-hybridized carbons (Fsp3) is 0.333. The molecule has 0 N–H and O–H groups in total. The van der Waals surface area contributed by atoms with Gasteiger partial charge < -0.3 is 4.90 Å². The molecule has 3 heteroatoms. The van der Waals surface area contributed by atoms with Gasteiger partial charge in [0.1, 0.15) is 5.84 Å². The van der Waals surface area contributed by atoms with Crippen molar-refractivity contribution in [2.75, 3.05) is 20.1 Å². The monoisotopic (exact) mass is 161 g/mol. The Morgan fingerprint density at radius 1 is 1.50 bits per heavy atom. The van der Waals surface area contributed by atoms with Crippen molar-refractivity contribution >= 4 is 5.84 Å². The maximum absolute atomic E-state index is 4.39. The van der Waals surface area contributed by atoms with Crippen LogP contribution in [0.1, 0.15) is 5.56 Å². The van der Waals surface area contributed by atoms with Crippen LogP contribution in [0.4, 0.5) is 0 Å². The zero-order valence-corrected chi connectivity index (χ0v) is 7.07. The summed E-state index contributed by atoms with van der Waals surface area (Å²) >= 11 is 0. The second-order valence-electron chi connectivity index (χ2n) is 2.87. The first kappa shape index (κ1) is 7.28. The van der Waals surface area contributed by atoms with Crippen molar-refractivity contribution < 1.29 is 0 Å². The van der Waals surface area contributed by atoms with Gasteiger partial charge in [-0.05, 0) is 12.1 Å². The van der Waals surface area contributed by atoms with Gasteiger partial charge in [-0.3, -0.25) is 9.98 Å². The van der Waals surface area contributed by atoms with Crippen molar-refractivity contribution in [2.45, 2.75) is 0 Å². The molecule has 2 rings (SSSR count). The number of rotatable bonds is 1. The lowest BCUT2D eigenvalue weighted by Gasteiger charge is -2.12. The molecule has 3 nitrogen and oxygen atoms in total. The molecule has 0 atom stereocenters. The van der Waals surface area contributed by atoms with Crippen LogP contribution in [0.3, 0.4) is 0 Å². The van der Waals surface area contributed by atoms with Crippen LogP contribution < -0.4 is 0 Å². The molecule has 0 unspecified atom stereocenters. The van der Waals surface area contributed by atoms with Crippen molar-refractivity contribution in [3.8, 4) is 0 Å². The van der Waals surface area contributed by atoms with E-state index < -0.39 is 0 Å². The van der Waals surface area contributed by atoms with Crippen molar-refractivity contribution in [1.29, 1.82) is 0 Å². The van der Waals surface area contributed by atoms with E-state index in [0.717, 1.165) is 24.5 Å². The Hall–Kier alpha value is -1.38. The van der Waals surface area contributed by atoms with Crippen LogP contribution in [0.15, 0.2) is 29.5 Å². The highest BCUT2D eigenvalue weighted by Gasteiger charge is 2.13. The minimum absolute atomic E-state index is 0.903. The summed E-state index contributed by atoms with van der Waals surface area (Å²) in [5, 5.41) is 0. The number of aromatic nitrogens is 1. The van der Waals surface area contributed by atoms with Gasteiger partial charge in [0.2, 0.25) is 0 Å². The number of aliphatic imine (C=N–C) groups is 1. The van der Waals surface area contributed by atoms with Gasteiger partial charge in [-0.25, -0.2) is 0 Å². The normalized spacial score (nSPS) is 16.4. The quantitative estimate of drug-likeness (QED) is 0.608. The van der Waals surface area contributed by atoms with Crippen LogP contribution >= 0.6 is 0 Å². The first-order valence-electron chi connectivity index (χ1n) is 4.04. The molecule has 0 saturated heterocycles. The number of hydrogen-bond acceptors (Lipinski definition) is 3.